The van der Waals surface area contributed by atoms with Crippen molar-refractivity contribution >= 4 is 89.7 Å². The van der Waals surface area contributed by atoms with Gasteiger partial charge in [0.15, 0.2) is 0 Å². The molecule has 2 saturated heterocycles. The van der Waals surface area contributed by atoms with Crippen LogP contribution in [0.5, 0.6) is 0 Å². The molecule has 1 unspecified atom stereocenters. The number of amides is 6. The topological polar surface area (TPSA) is 197 Å². The Bertz CT molecular complexity index is 2880. The fourth-order valence-electron chi connectivity index (χ4n) is 10.7. The maximum atomic E-state index is 15.0. The van der Waals surface area contributed by atoms with Crippen molar-refractivity contribution in [3.8, 4) is 0 Å². The minimum Gasteiger partial charge on any atom is -0.379 e. The normalized spacial score (nSPS) is 21.5. The van der Waals surface area contributed by atoms with E-state index in [1.165, 1.54) is 23.1 Å². The van der Waals surface area contributed by atoms with Crippen molar-refractivity contribution in [3.05, 3.63) is 124 Å². The lowest BCUT2D eigenvalue weighted by molar-refractivity contribution is -0.144. The van der Waals surface area contributed by atoms with Crippen molar-refractivity contribution in [1.29, 1.82) is 0 Å². The Balaban J connectivity index is 0.00000392. The van der Waals surface area contributed by atoms with Crippen LogP contribution in [0, 0.1) is 22.9 Å². The Morgan fingerprint density at radius 3 is 2.23 bits per heavy atom. The standard InChI is InChI=1S/C57H71F3N10O7.3ClH/c1-33-27-68(41(25-62-33)29-67-20-21-77-31-34(67)2)30-48(72)70-32-57(7,43-19-14-37(23-46(43)70)22-36-12-16-39(58)17-13-36)55(76)63-26-47(71)64-40-18-15-38-28-69(54(75)51(56(4,5)6)66-52(73)35(3)61-8)50(42(38)24-40)53(74)65-49-44(59)10-9-11-45(49)60;;;/h9-19,23-24,33-35,41,50-51,61-62H,20-22,25-32H2,1-8H3,(H,63,76)(H,64,71)(H,65,74)(H,66,73);3*1H/t33-,34-,35+,41-,50+,51-,57?;;;/m1.../s1. The van der Waals surface area contributed by atoms with E-state index in [1.54, 1.807) is 70.8 Å². The molecule has 436 valence electrons. The summed E-state index contributed by atoms with van der Waals surface area (Å²) in [6, 6.07) is 16.8. The molecule has 4 aromatic rings. The molecule has 8 rings (SSSR count). The quantitative estimate of drug-likeness (QED) is 0.0787. The van der Waals surface area contributed by atoms with Crippen LogP contribution in [-0.4, -0.2) is 146 Å². The van der Waals surface area contributed by atoms with E-state index in [1.807, 2.05) is 18.2 Å². The summed E-state index contributed by atoms with van der Waals surface area (Å²) in [4.78, 5) is 92.6. The zero-order valence-corrected chi connectivity index (χ0v) is 48.7. The molecule has 4 aliphatic rings. The monoisotopic (exact) mass is 1170 g/mol. The summed E-state index contributed by atoms with van der Waals surface area (Å²) in [5.74, 6) is -5.77. The molecule has 0 aromatic heterocycles. The van der Waals surface area contributed by atoms with E-state index >= 15 is 0 Å². The third kappa shape index (κ3) is 14.6. The number of halogens is 6. The first kappa shape index (κ1) is 65.0. The van der Waals surface area contributed by atoms with Gasteiger partial charge in [-0.25, -0.2) is 13.2 Å². The molecule has 4 aliphatic heterocycles. The highest BCUT2D eigenvalue weighted by Gasteiger charge is 2.48. The lowest BCUT2D eigenvalue weighted by Crippen LogP contribution is -2.62. The zero-order valence-electron chi connectivity index (χ0n) is 46.3. The number of fused-ring (bicyclic) bond motifs is 2. The van der Waals surface area contributed by atoms with Crippen molar-refractivity contribution in [1.82, 2.24) is 36.0 Å². The average molecular weight is 1170 g/mol. The van der Waals surface area contributed by atoms with Crippen LogP contribution < -0.4 is 36.8 Å². The molecule has 6 amide bonds. The number of ether oxygens (including phenoxy) is 1. The minimum absolute atomic E-state index is 0. The Hall–Kier alpha value is -5.84. The molecular weight excluding hydrogens is 1100 g/mol. The average Bonchev–Trinajstić information content (AvgIpc) is 3.93. The van der Waals surface area contributed by atoms with E-state index in [9.17, 15) is 41.9 Å². The Kier molecular flexibility index (Phi) is 22.2. The molecule has 0 saturated carbocycles. The zero-order chi connectivity index (χ0) is 55.5. The molecule has 80 heavy (non-hydrogen) atoms. The van der Waals surface area contributed by atoms with Gasteiger partial charge in [-0.05, 0) is 117 Å². The summed E-state index contributed by atoms with van der Waals surface area (Å²) in [6.07, 6.45) is 0.451. The lowest BCUT2D eigenvalue weighted by atomic mass is 9.83. The van der Waals surface area contributed by atoms with Gasteiger partial charge in [0.25, 0.3) is 5.91 Å². The number of hydrogen-bond acceptors (Lipinski definition) is 11. The third-order valence-electron chi connectivity index (χ3n) is 15.3. The number of hydrogen-bond donors (Lipinski definition) is 6. The molecule has 17 nitrogen and oxygen atoms in total. The van der Waals surface area contributed by atoms with E-state index in [0.717, 1.165) is 42.4 Å². The number of morpholine rings is 1. The predicted molar refractivity (Wildman–Crippen MR) is 308 cm³/mol. The van der Waals surface area contributed by atoms with Crippen molar-refractivity contribution in [2.24, 2.45) is 5.41 Å². The van der Waals surface area contributed by atoms with Crippen LogP contribution >= 0.6 is 37.2 Å². The van der Waals surface area contributed by atoms with Gasteiger partial charge in [0.1, 0.15) is 35.2 Å². The van der Waals surface area contributed by atoms with E-state index < -0.39 is 82.4 Å². The first-order chi connectivity index (χ1) is 36.5. The molecule has 0 spiro atoms. The number of carbonyl (C=O) groups excluding carboxylic acids is 6. The summed E-state index contributed by atoms with van der Waals surface area (Å²) in [6.45, 7) is 16.5. The maximum Gasteiger partial charge on any atom is 0.252 e. The molecule has 0 aliphatic carbocycles. The number of carbonyl (C=O) groups is 6. The molecule has 23 heteroatoms. The summed E-state index contributed by atoms with van der Waals surface area (Å²) < 4.78 is 49.5. The van der Waals surface area contributed by atoms with E-state index in [4.69, 9.17) is 4.74 Å². The highest BCUT2D eigenvalue weighted by atomic mass is 35.5. The van der Waals surface area contributed by atoms with Crippen molar-refractivity contribution < 1.29 is 46.7 Å². The highest BCUT2D eigenvalue weighted by molar-refractivity contribution is 6.05. The van der Waals surface area contributed by atoms with Crippen LogP contribution in [0.3, 0.4) is 0 Å². The van der Waals surface area contributed by atoms with Gasteiger partial charge in [-0.3, -0.25) is 38.6 Å². The second-order valence-electron chi connectivity index (χ2n) is 22.2. The van der Waals surface area contributed by atoms with Gasteiger partial charge in [0.2, 0.25) is 29.5 Å². The van der Waals surface area contributed by atoms with Crippen LogP contribution in [0.25, 0.3) is 0 Å². The molecule has 7 atom stereocenters. The highest BCUT2D eigenvalue weighted by Crippen LogP contribution is 2.43. The summed E-state index contributed by atoms with van der Waals surface area (Å²) in [5.41, 5.74) is 0.985. The Morgan fingerprint density at radius 2 is 1.56 bits per heavy atom. The van der Waals surface area contributed by atoms with Crippen LogP contribution in [0.1, 0.15) is 82.3 Å². The SMILES string of the molecule is CN[C@@H](C)C(=O)N[C@H](C(=O)N1Cc2ccc(NC(=O)CNC(=O)C3(C)CN(C(=O)CN4C[C@@H](C)NC[C@@H]4CN4CCOC[C@H]4C)c4cc(Cc5ccc(F)cc5)ccc43)cc2[C@H]1C(=O)Nc1c(F)cccc1F)C(C)(C)C.Cl.Cl.Cl. The number of nitrogens with one attached hydrogen (secondary N) is 6. The van der Waals surface area contributed by atoms with Crippen molar-refractivity contribution in [3.63, 3.8) is 0 Å². The van der Waals surface area contributed by atoms with Gasteiger partial charge < -0.3 is 46.4 Å². The number of anilines is 3. The van der Waals surface area contributed by atoms with E-state index in [0.29, 0.717) is 49.5 Å². The predicted octanol–water partition coefficient (Wildman–Crippen LogP) is 5.86. The second kappa shape index (κ2) is 27.3. The number of rotatable bonds is 16. The second-order valence-corrected chi connectivity index (χ2v) is 22.2. The minimum atomic E-state index is -1.46. The molecule has 4 heterocycles. The Labute approximate surface area is 484 Å². The first-order valence-corrected chi connectivity index (χ1v) is 26.3. The number of para-hydroxylation sites is 1. The number of benzene rings is 4. The largest absolute Gasteiger partial charge is 0.379 e. The smallest absolute Gasteiger partial charge is 0.252 e. The van der Waals surface area contributed by atoms with Crippen LogP contribution in [0.2, 0.25) is 0 Å². The molecule has 0 bridgehead atoms. The number of likely N-dealkylation sites (N-methyl/N-ethyl adjacent to an activating group) is 1. The lowest BCUT2D eigenvalue weighted by Gasteiger charge is -2.43. The van der Waals surface area contributed by atoms with Crippen molar-refractivity contribution in [2.45, 2.75) is 103 Å². The summed E-state index contributed by atoms with van der Waals surface area (Å²) in [7, 11) is 1.60. The number of nitrogens with zero attached hydrogens (tertiary/aromatic N) is 4. The van der Waals surface area contributed by atoms with Gasteiger partial charge in [-0.2, -0.15) is 0 Å². The van der Waals surface area contributed by atoms with Crippen LogP contribution in [0.4, 0.5) is 30.2 Å². The van der Waals surface area contributed by atoms with E-state index in [2.05, 4.69) is 55.5 Å². The molecular formula is C57H74Cl3F3N10O7. The fourth-order valence-corrected chi connectivity index (χ4v) is 10.7. The van der Waals surface area contributed by atoms with Crippen LogP contribution in [0.15, 0.2) is 78.9 Å². The van der Waals surface area contributed by atoms with Crippen molar-refractivity contribution in [2.75, 3.05) is 81.6 Å². The fraction of sp³-hybridized carbons (Fsp3) is 0.474. The molecule has 2 fully saturated rings. The molecule has 0 radical (unpaired) electrons. The molecule has 6 N–H and O–H groups in total. The van der Waals surface area contributed by atoms with Gasteiger partial charge >= 0.3 is 0 Å². The van der Waals surface area contributed by atoms with Gasteiger partial charge in [-0.15, -0.1) is 37.2 Å². The van der Waals surface area contributed by atoms with Gasteiger partial charge in [0.05, 0.1) is 37.8 Å². The first-order valence-electron chi connectivity index (χ1n) is 26.3. The number of piperazine rings is 1. The summed E-state index contributed by atoms with van der Waals surface area (Å²) in [5, 5.41) is 17.1. The molecule has 4 aromatic carbocycles. The van der Waals surface area contributed by atoms with E-state index in [-0.39, 0.29) is 98.0 Å². The van der Waals surface area contributed by atoms with Crippen LogP contribution in [-0.2, 0) is 51.9 Å². The van der Waals surface area contributed by atoms with Gasteiger partial charge in [0, 0.05) is 68.8 Å². The summed E-state index contributed by atoms with van der Waals surface area (Å²) >= 11 is 0. The third-order valence-corrected chi connectivity index (χ3v) is 15.3. The van der Waals surface area contributed by atoms with Gasteiger partial charge in [-0.1, -0.05) is 57.2 Å². The maximum absolute atomic E-state index is 15.0. The Morgan fingerprint density at radius 1 is 0.875 bits per heavy atom.